The third kappa shape index (κ3) is 11.6. The molecule has 410 valence electrons. The molecule has 0 aliphatic carbocycles. The largest absolute Gasteiger partial charge is 0.311 e. The number of pyridine rings is 5. The molecular formula is C74H56N8O3. The maximum Gasteiger partial charge on any atom is 0.258 e. The minimum atomic E-state index is -0.283. The molecule has 0 fully saturated rings. The zero-order valence-electron chi connectivity index (χ0n) is 47.2. The van der Waals surface area contributed by atoms with Gasteiger partial charge < -0.3 is 14.7 Å². The monoisotopic (exact) mass is 1100 g/mol. The van der Waals surface area contributed by atoms with Crippen molar-refractivity contribution in [2.45, 2.75) is 6.92 Å². The predicted molar refractivity (Wildman–Crippen MR) is 341 cm³/mol. The first-order chi connectivity index (χ1) is 41.5. The number of aromatic nitrogens is 5. The summed E-state index contributed by atoms with van der Waals surface area (Å²) in [6.07, 6.45) is 8.97. The summed E-state index contributed by atoms with van der Waals surface area (Å²) in [5.74, 6) is -0.681. The average Bonchev–Trinajstić information content (AvgIpc) is 3.76. The second-order valence-corrected chi connectivity index (χ2v) is 20.7. The van der Waals surface area contributed by atoms with Crippen LogP contribution < -0.4 is 14.7 Å². The van der Waals surface area contributed by atoms with Gasteiger partial charge in [-0.1, -0.05) is 121 Å². The number of amides is 3. The molecule has 5 aromatic heterocycles. The highest BCUT2D eigenvalue weighted by Crippen LogP contribution is 2.37. The number of nitrogens with zero attached hydrogens (tertiary/aromatic N) is 8. The molecule has 11 heteroatoms. The molecule has 0 saturated carbocycles. The zero-order chi connectivity index (χ0) is 58.4. The van der Waals surface area contributed by atoms with Crippen molar-refractivity contribution in [3.63, 3.8) is 0 Å². The molecule has 11 nitrogen and oxygen atoms in total. The lowest BCUT2D eigenvalue weighted by molar-refractivity contribution is 0.0982. The number of anilines is 3. The van der Waals surface area contributed by atoms with E-state index in [9.17, 15) is 14.4 Å². The van der Waals surface area contributed by atoms with Crippen molar-refractivity contribution in [3.8, 4) is 89.7 Å². The summed E-state index contributed by atoms with van der Waals surface area (Å²) >= 11 is 0. The van der Waals surface area contributed by atoms with Crippen LogP contribution in [0.5, 0.6) is 0 Å². The van der Waals surface area contributed by atoms with Crippen molar-refractivity contribution in [1.29, 1.82) is 0 Å². The fourth-order valence-electron chi connectivity index (χ4n) is 10.6. The molecule has 5 heterocycles. The van der Waals surface area contributed by atoms with Crippen LogP contribution in [0.3, 0.4) is 0 Å². The zero-order valence-corrected chi connectivity index (χ0v) is 47.2. The number of carbonyl (C=O) groups is 3. The molecule has 0 bridgehead atoms. The summed E-state index contributed by atoms with van der Waals surface area (Å²) in [5.41, 5.74) is 18.1. The summed E-state index contributed by atoms with van der Waals surface area (Å²) in [7, 11) is 5.27. The topological polar surface area (TPSA) is 125 Å². The lowest BCUT2D eigenvalue weighted by atomic mass is 9.92. The van der Waals surface area contributed by atoms with E-state index >= 15 is 0 Å². The summed E-state index contributed by atoms with van der Waals surface area (Å²) in [6, 6.07) is 76.0. The van der Waals surface area contributed by atoms with E-state index in [-0.39, 0.29) is 17.7 Å². The Bertz CT molecular complexity index is 4250. The van der Waals surface area contributed by atoms with Crippen LogP contribution in [0.2, 0.25) is 0 Å². The Labute approximate surface area is 493 Å². The highest BCUT2D eigenvalue weighted by atomic mass is 16.2. The van der Waals surface area contributed by atoms with Gasteiger partial charge >= 0.3 is 0 Å². The highest BCUT2D eigenvalue weighted by molar-refractivity contribution is 6.12. The van der Waals surface area contributed by atoms with E-state index in [0.717, 1.165) is 84.0 Å². The normalized spacial score (nSPS) is 11.0. The van der Waals surface area contributed by atoms with Crippen molar-refractivity contribution in [2.75, 3.05) is 35.8 Å². The number of carbonyl (C=O) groups excluding carboxylic acids is 3. The molecule has 0 N–H and O–H groups in total. The standard InChI is InChI=1S/C74H56N8O3/c1-49-41-55(43-57(42-49)72(83)80(2)60-30-22-50(23-31-60)67-19-9-12-38-75-67)65-17-7-5-15-63(65)53-28-36-70(78-47-53)71-37-29-54(48-79-71)64-16-6-8-18-66(64)56-44-58(73(84)81(3)61-32-24-51(25-33-61)68-20-10-13-39-76-68)46-59(45-56)74(85)82(4)62-34-26-52(27-35-62)69-21-11-14-40-77-69/h5-48H,1-4H3. The Balaban J connectivity index is 0.810. The summed E-state index contributed by atoms with van der Waals surface area (Å²) in [4.78, 5) is 71.6. The molecular weight excluding hydrogens is 1050 g/mol. The van der Waals surface area contributed by atoms with Crippen molar-refractivity contribution < 1.29 is 14.4 Å². The number of hydrogen-bond acceptors (Lipinski definition) is 8. The Morgan fingerprint density at radius 3 is 0.906 bits per heavy atom. The van der Waals surface area contributed by atoms with Gasteiger partial charge in [-0.15, -0.1) is 0 Å². The SMILES string of the molecule is Cc1cc(C(=O)N(C)c2ccc(-c3ccccn3)cc2)cc(-c2ccccc2-c2ccc(-c3ccc(-c4ccccc4-c4cc(C(=O)N(C)c5ccc(-c6ccccn6)cc5)cc(C(=O)N(C)c5ccc(-c6ccccn6)cc5)c4)cn3)nc2)c1. The Kier molecular flexibility index (Phi) is 15.4. The molecule has 0 saturated heterocycles. The van der Waals surface area contributed by atoms with E-state index in [2.05, 4.69) is 33.2 Å². The fraction of sp³-hybridized carbons (Fsp3) is 0.0541. The first-order valence-corrected chi connectivity index (χ1v) is 27.8. The molecule has 12 rings (SSSR count). The van der Waals surface area contributed by atoms with E-state index in [0.29, 0.717) is 45.0 Å². The van der Waals surface area contributed by atoms with Crippen LogP contribution in [-0.4, -0.2) is 63.8 Å². The third-order valence-electron chi connectivity index (χ3n) is 15.2. The molecule has 3 amide bonds. The molecule has 0 unspecified atom stereocenters. The van der Waals surface area contributed by atoms with Gasteiger partial charge in [0.1, 0.15) is 0 Å². The minimum Gasteiger partial charge on any atom is -0.311 e. The first-order valence-electron chi connectivity index (χ1n) is 27.8. The van der Waals surface area contributed by atoms with Gasteiger partial charge in [0.05, 0.1) is 28.5 Å². The summed E-state index contributed by atoms with van der Waals surface area (Å²) < 4.78 is 0. The highest BCUT2D eigenvalue weighted by Gasteiger charge is 2.23. The first kappa shape index (κ1) is 54.3. The van der Waals surface area contributed by atoms with Crippen LogP contribution >= 0.6 is 0 Å². The Morgan fingerprint density at radius 2 is 0.588 bits per heavy atom. The molecule has 0 aliphatic rings. The van der Waals surface area contributed by atoms with Gasteiger partial charge in [-0.05, 0) is 161 Å². The lowest BCUT2D eigenvalue weighted by Gasteiger charge is -2.21. The smallest absolute Gasteiger partial charge is 0.258 e. The van der Waals surface area contributed by atoms with Crippen LogP contribution in [0.25, 0.3) is 89.7 Å². The maximum absolute atomic E-state index is 14.7. The van der Waals surface area contributed by atoms with E-state index in [1.807, 2.05) is 232 Å². The summed E-state index contributed by atoms with van der Waals surface area (Å²) in [6.45, 7) is 2.01. The molecule has 0 radical (unpaired) electrons. The van der Waals surface area contributed by atoms with Gasteiger partial charge in [0.15, 0.2) is 0 Å². The van der Waals surface area contributed by atoms with Gasteiger partial charge in [-0.3, -0.25) is 39.3 Å². The second kappa shape index (κ2) is 24.0. The van der Waals surface area contributed by atoms with Crippen LogP contribution in [-0.2, 0) is 0 Å². The molecule has 0 atom stereocenters. The molecule has 0 spiro atoms. The molecule has 12 aromatic rings. The third-order valence-corrected chi connectivity index (χ3v) is 15.2. The maximum atomic E-state index is 14.7. The van der Waals surface area contributed by atoms with Crippen molar-refractivity contribution >= 4 is 34.8 Å². The van der Waals surface area contributed by atoms with Gasteiger partial charge in [0.2, 0.25) is 0 Å². The van der Waals surface area contributed by atoms with Gasteiger partial charge in [0.25, 0.3) is 17.7 Å². The van der Waals surface area contributed by atoms with Crippen molar-refractivity contribution in [2.24, 2.45) is 0 Å². The number of hydrogen-bond donors (Lipinski definition) is 0. The Morgan fingerprint density at radius 1 is 0.282 bits per heavy atom. The molecule has 7 aromatic carbocycles. The minimum absolute atomic E-state index is 0.115. The quantitative estimate of drug-likeness (QED) is 0.105. The van der Waals surface area contributed by atoms with E-state index in [4.69, 9.17) is 9.97 Å². The predicted octanol–water partition coefficient (Wildman–Crippen LogP) is 16.1. The van der Waals surface area contributed by atoms with E-state index < -0.39 is 0 Å². The van der Waals surface area contributed by atoms with Crippen LogP contribution in [0, 0.1) is 6.92 Å². The van der Waals surface area contributed by atoms with Crippen LogP contribution in [0.1, 0.15) is 36.6 Å². The van der Waals surface area contributed by atoms with Gasteiger partial charge in [0, 0.05) is 114 Å². The Hall–Kier alpha value is -11.3. The van der Waals surface area contributed by atoms with Crippen molar-refractivity contribution in [1.82, 2.24) is 24.9 Å². The van der Waals surface area contributed by atoms with Crippen LogP contribution in [0.4, 0.5) is 17.1 Å². The number of rotatable bonds is 14. The lowest BCUT2D eigenvalue weighted by Crippen LogP contribution is -2.28. The van der Waals surface area contributed by atoms with Crippen LogP contribution in [0.15, 0.2) is 268 Å². The summed E-state index contributed by atoms with van der Waals surface area (Å²) in [5, 5.41) is 0. The molecule has 85 heavy (non-hydrogen) atoms. The van der Waals surface area contributed by atoms with E-state index in [1.54, 1.807) is 60.5 Å². The number of aryl methyl sites for hydroxylation is 1. The second-order valence-electron chi connectivity index (χ2n) is 20.7. The fourth-order valence-corrected chi connectivity index (χ4v) is 10.6. The number of benzene rings is 7. The van der Waals surface area contributed by atoms with E-state index in [1.165, 1.54) is 0 Å². The average molecular weight is 1110 g/mol. The van der Waals surface area contributed by atoms with Gasteiger partial charge in [-0.25, -0.2) is 0 Å². The van der Waals surface area contributed by atoms with Gasteiger partial charge in [-0.2, -0.15) is 0 Å². The van der Waals surface area contributed by atoms with Crippen molar-refractivity contribution in [3.05, 3.63) is 290 Å². The molecule has 0 aliphatic heterocycles.